The number of piperazine rings is 1. The molecule has 6 heteroatoms. The van der Waals surface area contributed by atoms with Crippen molar-refractivity contribution in [2.75, 3.05) is 52.5 Å². The van der Waals surface area contributed by atoms with E-state index in [2.05, 4.69) is 39.7 Å². The molecule has 0 unspecified atom stereocenters. The van der Waals surface area contributed by atoms with Crippen molar-refractivity contribution in [2.24, 2.45) is 7.05 Å². The maximum absolute atomic E-state index is 13.0. The number of morpholine rings is 1. The smallest absolute Gasteiger partial charge is 0.254 e. The van der Waals surface area contributed by atoms with Crippen LogP contribution in [0.15, 0.2) is 24.4 Å². The lowest BCUT2D eigenvalue weighted by Gasteiger charge is -2.34. The molecule has 1 saturated carbocycles. The van der Waals surface area contributed by atoms with Gasteiger partial charge in [-0.05, 0) is 30.5 Å². The van der Waals surface area contributed by atoms with Gasteiger partial charge < -0.3 is 14.2 Å². The zero-order chi connectivity index (χ0) is 19.1. The molecule has 6 nitrogen and oxygen atoms in total. The predicted molar refractivity (Wildman–Crippen MR) is 110 cm³/mol. The normalized spacial score (nSPS) is 22.1. The summed E-state index contributed by atoms with van der Waals surface area (Å²) in [6.07, 6.45) is 4.89. The number of amides is 1. The van der Waals surface area contributed by atoms with Gasteiger partial charge in [0.2, 0.25) is 0 Å². The Hall–Kier alpha value is -1.89. The minimum Gasteiger partial charge on any atom is -0.379 e. The molecule has 3 heterocycles. The van der Waals surface area contributed by atoms with E-state index in [1.54, 1.807) is 0 Å². The molecule has 1 aromatic heterocycles. The first-order valence-corrected chi connectivity index (χ1v) is 10.6. The molecule has 0 spiro atoms. The third kappa shape index (κ3) is 3.56. The molecular weight excluding hydrogens is 352 g/mol. The third-order valence-corrected chi connectivity index (χ3v) is 6.48. The van der Waals surface area contributed by atoms with Gasteiger partial charge in [0, 0.05) is 81.6 Å². The number of carbonyl (C=O) groups excluding carboxylic acids is 1. The summed E-state index contributed by atoms with van der Waals surface area (Å²) >= 11 is 0. The first kappa shape index (κ1) is 18.2. The van der Waals surface area contributed by atoms with E-state index in [-0.39, 0.29) is 5.91 Å². The van der Waals surface area contributed by atoms with Crippen molar-refractivity contribution in [1.82, 2.24) is 19.3 Å². The van der Waals surface area contributed by atoms with E-state index < -0.39 is 0 Å². The molecule has 1 amide bonds. The zero-order valence-corrected chi connectivity index (χ0v) is 16.8. The molecule has 3 aliphatic rings. The maximum Gasteiger partial charge on any atom is 0.254 e. The molecule has 28 heavy (non-hydrogen) atoms. The van der Waals surface area contributed by atoms with Gasteiger partial charge in [0.15, 0.2) is 0 Å². The highest BCUT2D eigenvalue weighted by Crippen LogP contribution is 2.28. The number of aryl methyl sites for hydroxylation is 1. The minimum absolute atomic E-state index is 0.174. The molecule has 2 saturated heterocycles. The highest BCUT2D eigenvalue weighted by Gasteiger charge is 2.32. The molecule has 0 N–H and O–H groups in total. The first-order chi connectivity index (χ1) is 13.7. The molecule has 0 bridgehead atoms. The standard InChI is InChI=1S/C22H30N4O2/c1-23-15-18(16-24-10-12-28-13-11-24)20-5-2-17(14-21(20)23)22(27)26-8-6-25(7-9-26)19-3-4-19/h2,5,14-15,19H,3-4,6-13,16H2,1H3. The Morgan fingerprint density at radius 1 is 1.07 bits per heavy atom. The van der Waals surface area contributed by atoms with Crippen LogP contribution in [0.3, 0.4) is 0 Å². The van der Waals surface area contributed by atoms with Gasteiger partial charge in [-0.2, -0.15) is 0 Å². The molecule has 1 aromatic carbocycles. The van der Waals surface area contributed by atoms with Crippen LogP contribution in [-0.2, 0) is 18.3 Å². The number of aromatic nitrogens is 1. The van der Waals surface area contributed by atoms with E-state index in [0.717, 1.165) is 76.1 Å². The Labute approximate surface area is 166 Å². The molecule has 5 rings (SSSR count). The number of ether oxygens (including phenoxy) is 1. The summed E-state index contributed by atoms with van der Waals surface area (Å²) in [5.41, 5.74) is 3.29. The average Bonchev–Trinajstić information content (AvgIpc) is 3.54. The van der Waals surface area contributed by atoms with Gasteiger partial charge in [-0.25, -0.2) is 0 Å². The van der Waals surface area contributed by atoms with Gasteiger partial charge in [-0.3, -0.25) is 14.6 Å². The van der Waals surface area contributed by atoms with E-state index in [9.17, 15) is 4.79 Å². The summed E-state index contributed by atoms with van der Waals surface area (Å²) in [5, 5.41) is 1.25. The topological polar surface area (TPSA) is 41.0 Å². The zero-order valence-electron chi connectivity index (χ0n) is 16.8. The monoisotopic (exact) mass is 382 g/mol. The molecule has 150 valence electrons. The Morgan fingerprint density at radius 3 is 2.54 bits per heavy atom. The number of fused-ring (bicyclic) bond motifs is 1. The molecular formula is C22H30N4O2. The molecule has 0 atom stereocenters. The van der Waals surface area contributed by atoms with Crippen LogP contribution >= 0.6 is 0 Å². The van der Waals surface area contributed by atoms with Crippen molar-refractivity contribution in [1.29, 1.82) is 0 Å². The largest absolute Gasteiger partial charge is 0.379 e. The van der Waals surface area contributed by atoms with Crippen molar-refractivity contribution in [2.45, 2.75) is 25.4 Å². The minimum atomic E-state index is 0.174. The SMILES string of the molecule is Cn1cc(CN2CCOCC2)c2ccc(C(=O)N3CCN(C4CC4)CC3)cc21. The van der Waals surface area contributed by atoms with Crippen LogP contribution < -0.4 is 0 Å². The van der Waals surface area contributed by atoms with Gasteiger partial charge in [-0.15, -0.1) is 0 Å². The van der Waals surface area contributed by atoms with Crippen molar-refractivity contribution >= 4 is 16.8 Å². The summed E-state index contributed by atoms with van der Waals surface area (Å²) < 4.78 is 7.62. The summed E-state index contributed by atoms with van der Waals surface area (Å²) in [7, 11) is 2.08. The van der Waals surface area contributed by atoms with E-state index in [0.29, 0.717) is 0 Å². The van der Waals surface area contributed by atoms with Crippen LogP contribution in [0.5, 0.6) is 0 Å². The number of nitrogens with zero attached hydrogens (tertiary/aromatic N) is 4. The van der Waals surface area contributed by atoms with Gasteiger partial charge in [0.25, 0.3) is 5.91 Å². The Kier molecular flexibility index (Phi) is 4.87. The predicted octanol–water partition coefficient (Wildman–Crippen LogP) is 1.93. The van der Waals surface area contributed by atoms with Crippen molar-refractivity contribution in [3.8, 4) is 0 Å². The number of carbonyl (C=O) groups is 1. The fourth-order valence-corrected chi connectivity index (χ4v) is 4.64. The second-order valence-electron chi connectivity index (χ2n) is 8.45. The lowest BCUT2D eigenvalue weighted by atomic mass is 10.1. The Morgan fingerprint density at radius 2 is 1.82 bits per heavy atom. The van der Waals surface area contributed by atoms with E-state index in [1.807, 2.05) is 11.0 Å². The lowest BCUT2D eigenvalue weighted by Crippen LogP contribution is -2.49. The molecule has 1 aliphatic carbocycles. The Bertz CT molecular complexity index is 859. The quantitative estimate of drug-likeness (QED) is 0.810. The van der Waals surface area contributed by atoms with Crippen LogP contribution in [-0.4, -0.2) is 83.7 Å². The van der Waals surface area contributed by atoms with Crippen LogP contribution in [0.1, 0.15) is 28.8 Å². The molecule has 2 aliphatic heterocycles. The second kappa shape index (κ2) is 7.50. The third-order valence-electron chi connectivity index (χ3n) is 6.48. The molecule has 2 aromatic rings. The summed E-state index contributed by atoms with van der Waals surface area (Å²) in [5.74, 6) is 0.174. The first-order valence-electron chi connectivity index (χ1n) is 10.6. The van der Waals surface area contributed by atoms with Crippen molar-refractivity contribution in [3.63, 3.8) is 0 Å². The van der Waals surface area contributed by atoms with E-state index in [1.165, 1.54) is 23.8 Å². The highest BCUT2D eigenvalue weighted by atomic mass is 16.5. The second-order valence-corrected chi connectivity index (χ2v) is 8.45. The van der Waals surface area contributed by atoms with E-state index >= 15 is 0 Å². The molecule has 3 fully saturated rings. The van der Waals surface area contributed by atoms with Gasteiger partial charge in [0.1, 0.15) is 0 Å². The van der Waals surface area contributed by atoms with Crippen LogP contribution in [0.25, 0.3) is 10.9 Å². The Balaban J connectivity index is 1.31. The van der Waals surface area contributed by atoms with Crippen molar-refractivity contribution in [3.05, 3.63) is 35.5 Å². The highest BCUT2D eigenvalue weighted by molar-refractivity contribution is 5.98. The summed E-state index contributed by atoms with van der Waals surface area (Å²) in [6, 6.07) is 7.02. The van der Waals surface area contributed by atoms with Crippen LogP contribution in [0.2, 0.25) is 0 Å². The van der Waals surface area contributed by atoms with E-state index in [4.69, 9.17) is 4.74 Å². The van der Waals surface area contributed by atoms with Crippen LogP contribution in [0, 0.1) is 0 Å². The fourth-order valence-electron chi connectivity index (χ4n) is 4.64. The van der Waals surface area contributed by atoms with Gasteiger partial charge in [0.05, 0.1) is 13.2 Å². The number of hydrogen-bond acceptors (Lipinski definition) is 4. The maximum atomic E-state index is 13.0. The summed E-state index contributed by atoms with van der Waals surface area (Å²) in [6.45, 7) is 8.29. The van der Waals surface area contributed by atoms with Crippen LogP contribution in [0.4, 0.5) is 0 Å². The number of rotatable bonds is 4. The number of hydrogen-bond donors (Lipinski definition) is 0. The number of benzene rings is 1. The van der Waals surface area contributed by atoms with Crippen molar-refractivity contribution < 1.29 is 9.53 Å². The van der Waals surface area contributed by atoms with Gasteiger partial charge >= 0.3 is 0 Å². The lowest BCUT2D eigenvalue weighted by molar-refractivity contribution is 0.0343. The molecule has 0 radical (unpaired) electrons. The fraction of sp³-hybridized carbons (Fsp3) is 0.591. The summed E-state index contributed by atoms with van der Waals surface area (Å²) in [4.78, 5) is 20.1. The van der Waals surface area contributed by atoms with Gasteiger partial charge in [-0.1, -0.05) is 6.07 Å². The average molecular weight is 383 g/mol.